The maximum atomic E-state index is 13.8. The number of nitrogens with zero attached hydrogens (tertiary/aromatic N) is 3. The molecule has 1 saturated heterocycles. The van der Waals surface area contributed by atoms with Crippen molar-refractivity contribution in [2.75, 3.05) is 4.90 Å². The number of nitrogens with one attached hydrogen (secondary N) is 1. The van der Waals surface area contributed by atoms with E-state index in [0.717, 1.165) is 53.5 Å². The maximum absolute atomic E-state index is 13.8. The minimum absolute atomic E-state index is 0.0159. The molecule has 2 saturated carbocycles. The lowest BCUT2D eigenvalue weighted by molar-refractivity contribution is -0.123. The zero-order chi connectivity index (χ0) is 25.1. The molecule has 2 unspecified atom stereocenters. The Balaban J connectivity index is 1.34. The summed E-state index contributed by atoms with van der Waals surface area (Å²) < 4.78 is 15.2. The number of hydrogen-bond acceptors (Lipinski definition) is 3. The van der Waals surface area contributed by atoms with E-state index >= 15 is 0 Å². The van der Waals surface area contributed by atoms with Crippen LogP contribution in [-0.4, -0.2) is 27.6 Å². The predicted octanol–water partition coefficient (Wildman–Crippen LogP) is 5.10. The monoisotopic (exact) mass is 494 g/mol. The molecule has 37 heavy (non-hydrogen) atoms. The van der Waals surface area contributed by atoms with Crippen LogP contribution in [0.3, 0.4) is 0 Å². The third-order valence-electron chi connectivity index (χ3n) is 8.11. The first-order chi connectivity index (χ1) is 18.1. The highest BCUT2D eigenvalue weighted by molar-refractivity contribution is 6.01. The number of benzene rings is 3. The first-order valence-corrected chi connectivity index (χ1v) is 13.0. The number of fused-ring (bicyclic) bond motifs is 1. The summed E-state index contributed by atoms with van der Waals surface area (Å²) in [4.78, 5) is 28.7. The summed E-state index contributed by atoms with van der Waals surface area (Å²) in [5.74, 6) is 0.128. The third-order valence-corrected chi connectivity index (χ3v) is 8.11. The smallest absolute Gasteiger partial charge is 0.230 e. The molecule has 1 N–H and O–H groups in total. The van der Waals surface area contributed by atoms with Crippen LogP contribution >= 0.6 is 0 Å². The number of aromatic nitrogens is 2. The highest BCUT2D eigenvalue weighted by Crippen LogP contribution is 2.56. The maximum Gasteiger partial charge on any atom is 0.230 e. The Labute approximate surface area is 214 Å². The summed E-state index contributed by atoms with van der Waals surface area (Å²) in [6, 6.07) is 22.1. The van der Waals surface area contributed by atoms with Gasteiger partial charge in [-0.3, -0.25) is 14.5 Å². The number of amides is 2. The lowest BCUT2D eigenvalue weighted by atomic mass is 9.78. The molecule has 3 aliphatic rings. The predicted molar refractivity (Wildman–Crippen MR) is 139 cm³/mol. The van der Waals surface area contributed by atoms with Crippen molar-refractivity contribution in [2.24, 2.45) is 11.8 Å². The van der Waals surface area contributed by atoms with E-state index in [2.05, 4.69) is 22.5 Å². The fraction of sp³-hybridized carbons (Fsp3) is 0.300. The Bertz CT molecular complexity index is 1510. The summed E-state index contributed by atoms with van der Waals surface area (Å²) in [6.45, 7) is 0. The fourth-order valence-corrected chi connectivity index (χ4v) is 6.15. The second-order valence-corrected chi connectivity index (χ2v) is 10.5. The summed E-state index contributed by atoms with van der Waals surface area (Å²) in [6.07, 6.45) is 5.92. The van der Waals surface area contributed by atoms with Crippen LogP contribution in [-0.2, 0) is 15.1 Å². The quantitative estimate of drug-likeness (QED) is 0.406. The van der Waals surface area contributed by atoms with E-state index in [1.54, 1.807) is 23.0 Å². The van der Waals surface area contributed by atoms with Crippen LogP contribution in [0.4, 0.5) is 10.1 Å². The summed E-state index contributed by atoms with van der Waals surface area (Å²) in [7, 11) is 0. The second kappa shape index (κ2) is 8.26. The molecule has 4 aromatic rings. The Hall–Kier alpha value is -4.00. The Morgan fingerprint density at radius 3 is 2.38 bits per heavy atom. The summed E-state index contributed by atoms with van der Waals surface area (Å²) in [5.41, 5.74) is 2.86. The lowest BCUT2D eigenvalue weighted by Crippen LogP contribution is -2.56. The van der Waals surface area contributed by atoms with Crippen LogP contribution in [0, 0.1) is 17.7 Å². The second-order valence-electron chi connectivity index (χ2n) is 10.5. The number of carbonyl (C=O) groups excluding carboxylic acids is 2. The molecule has 6 nitrogen and oxygen atoms in total. The first kappa shape index (κ1) is 22.2. The molecule has 7 heteroatoms. The van der Waals surface area contributed by atoms with Gasteiger partial charge in [0.25, 0.3) is 0 Å². The minimum Gasteiger partial charge on any atom is -0.350 e. The standard InChI is InChI=1S/C30H27FN4O2/c31-23-10-12-24(13-11-23)35-26-15-14-25(16-20(26)18-32-35)34-28(36)17-27(33-29(37)19-6-7-19)30(34,22-8-9-22)21-4-2-1-3-5-21/h1-5,10-16,18-19,22,27H,6-9,17H2,(H,33,37). The molecule has 2 heterocycles. The number of anilines is 1. The van der Waals surface area contributed by atoms with E-state index < -0.39 is 5.54 Å². The zero-order valence-corrected chi connectivity index (χ0v) is 20.3. The van der Waals surface area contributed by atoms with Crippen LogP contribution in [0.25, 0.3) is 16.6 Å². The normalized spacial score (nSPS) is 23.5. The molecular weight excluding hydrogens is 467 g/mol. The molecule has 3 aromatic carbocycles. The van der Waals surface area contributed by atoms with Gasteiger partial charge in [-0.15, -0.1) is 0 Å². The lowest BCUT2D eigenvalue weighted by Gasteiger charge is -2.43. The van der Waals surface area contributed by atoms with Crippen LogP contribution < -0.4 is 10.2 Å². The van der Waals surface area contributed by atoms with Gasteiger partial charge in [0.15, 0.2) is 0 Å². The van der Waals surface area contributed by atoms with Gasteiger partial charge >= 0.3 is 0 Å². The highest BCUT2D eigenvalue weighted by atomic mass is 19.1. The average molecular weight is 495 g/mol. The highest BCUT2D eigenvalue weighted by Gasteiger charge is 2.62. The summed E-state index contributed by atoms with van der Waals surface area (Å²) in [5, 5.41) is 8.73. The molecule has 0 spiro atoms. The topological polar surface area (TPSA) is 67.2 Å². The average Bonchev–Trinajstić information content (AvgIpc) is 3.85. The van der Waals surface area contributed by atoms with Crippen molar-refractivity contribution < 1.29 is 14.0 Å². The van der Waals surface area contributed by atoms with Gasteiger partial charge in [-0.2, -0.15) is 5.10 Å². The molecular formula is C30H27FN4O2. The molecule has 2 amide bonds. The Morgan fingerprint density at radius 2 is 1.68 bits per heavy atom. The molecule has 2 aliphatic carbocycles. The Kier molecular flexibility index (Phi) is 4.96. The van der Waals surface area contributed by atoms with Crippen LogP contribution in [0.1, 0.15) is 37.7 Å². The van der Waals surface area contributed by atoms with Gasteiger partial charge in [-0.25, -0.2) is 9.07 Å². The van der Waals surface area contributed by atoms with Gasteiger partial charge in [0.05, 0.1) is 35.4 Å². The molecule has 7 rings (SSSR count). The van der Waals surface area contributed by atoms with Crippen molar-refractivity contribution in [3.05, 3.63) is 90.4 Å². The van der Waals surface area contributed by atoms with E-state index in [-0.39, 0.29) is 41.9 Å². The van der Waals surface area contributed by atoms with Crippen LogP contribution in [0.5, 0.6) is 0 Å². The van der Waals surface area contributed by atoms with E-state index in [1.807, 2.05) is 41.3 Å². The molecule has 1 aliphatic heterocycles. The van der Waals surface area contributed by atoms with Crippen molar-refractivity contribution in [1.29, 1.82) is 0 Å². The van der Waals surface area contributed by atoms with Crippen LogP contribution in [0.15, 0.2) is 79.0 Å². The van der Waals surface area contributed by atoms with Gasteiger partial charge < -0.3 is 5.32 Å². The van der Waals surface area contributed by atoms with Crippen molar-refractivity contribution >= 4 is 28.4 Å². The van der Waals surface area contributed by atoms with Gasteiger partial charge in [-0.1, -0.05) is 30.3 Å². The largest absolute Gasteiger partial charge is 0.350 e. The number of rotatable bonds is 6. The van der Waals surface area contributed by atoms with Gasteiger partial charge in [0.1, 0.15) is 5.82 Å². The van der Waals surface area contributed by atoms with Gasteiger partial charge in [-0.05, 0) is 79.6 Å². The molecule has 2 atom stereocenters. The minimum atomic E-state index is -0.635. The molecule has 1 aromatic heterocycles. The Morgan fingerprint density at radius 1 is 0.946 bits per heavy atom. The molecule has 0 radical (unpaired) electrons. The molecule has 3 fully saturated rings. The van der Waals surface area contributed by atoms with E-state index in [0.29, 0.717) is 0 Å². The van der Waals surface area contributed by atoms with Gasteiger partial charge in [0, 0.05) is 17.0 Å². The van der Waals surface area contributed by atoms with E-state index in [9.17, 15) is 14.0 Å². The fourth-order valence-electron chi connectivity index (χ4n) is 6.15. The van der Waals surface area contributed by atoms with E-state index in [4.69, 9.17) is 0 Å². The molecule has 186 valence electrons. The zero-order valence-electron chi connectivity index (χ0n) is 20.3. The van der Waals surface area contributed by atoms with Crippen molar-refractivity contribution in [3.8, 4) is 5.69 Å². The number of halogens is 1. The number of hydrogen-bond donors (Lipinski definition) is 1. The van der Waals surface area contributed by atoms with Crippen molar-refractivity contribution in [2.45, 2.75) is 43.7 Å². The van der Waals surface area contributed by atoms with Gasteiger partial charge in [0.2, 0.25) is 11.8 Å². The first-order valence-electron chi connectivity index (χ1n) is 13.0. The van der Waals surface area contributed by atoms with Crippen LogP contribution in [0.2, 0.25) is 0 Å². The third kappa shape index (κ3) is 3.56. The SMILES string of the molecule is O=C(NC1CC(=O)N(c2ccc3c(cnn3-c3ccc(F)cc3)c2)C1(c1ccccc1)C1CC1)C1CC1. The summed E-state index contributed by atoms with van der Waals surface area (Å²) >= 11 is 0. The van der Waals surface area contributed by atoms with Crippen molar-refractivity contribution in [3.63, 3.8) is 0 Å². The molecule has 0 bridgehead atoms. The van der Waals surface area contributed by atoms with Crippen molar-refractivity contribution in [1.82, 2.24) is 15.1 Å². The number of carbonyl (C=O) groups is 2. The van der Waals surface area contributed by atoms with E-state index in [1.165, 1.54) is 12.1 Å².